The molecule has 1 unspecified atom stereocenters. The van der Waals surface area contributed by atoms with E-state index in [1.807, 2.05) is 30.3 Å². The number of nitrogens with zero attached hydrogens (tertiary/aromatic N) is 1. The third-order valence-electron chi connectivity index (χ3n) is 7.01. The van der Waals surface area contributed by atoms with Crippen LogP contribution in [-0.2, 0) is 0 Å². The molecule has 1 aliphatic heterocycles. The van der Waals surface area contributed by atoms with Crippen LogP contribution in [0.2, 0.25) is 0 Å². The zero-order valence-corrected chi connectivity index (χ0v) is 24.5. The summed E-state index contributed by atoms with van der Waals surface area (Å²) >= 11 is 3.44. The molecule has 4 aromatic rings. The highest BCUT2D eigenvalue weighted by Gasteiger charge is 2.32. The summed E-state index contributed by atoms with van der Waals surface area (Å²) in [6.07, 6.45) is 3.14. The van der Waals surface area contributed by atoms with E-state index in [1.165, 1.54) is 0 Å². The van der Waals surface area contributed by atoms with Gasteiger partial charge >= 0.3 is 5.97 Å². The highest BCUT2D eigenvalue weighted by Crippen LogP contribution is 2.45. The summed E-state index contributed by atoms with van der Waals surface area (Å²) in [7, 11) is 1.58. The highest BCUT2D eigenvalue weighted by molar-refractivity contribution is 9.10. The van der Waals surface area contributed by atoms with Crippen molar-refractivity contribution >= 4 is 32.9 Å². The van der Waals surface area contributed by atoms with Gasteiger partial charge in [-0.2, -0.15) is 5.26 Å². The number of esters is 1. The van der Waals surface area contributed by atoms with Gasteiger partial charge in [-0.3, -0.25) is 0 Å². The van der Waals surface area contributed by atoms with Crippen LogP contribution in [0.4, 0.5) is 0 Å². The predicted molar refractivity (Wildman–Crippen MR) is 157 cm³/mol. The second-order valence-electron chi connectivity index (χ2n) is 9.68. The molecular formula is C32H29BrN2O6. The monoisotopic (exact) mass is 616 g/mol. The van der Waals surface area contributed by atoms with Crippen LogP contribution >= 0.6 is 15.9 Å². The second kappa shape index (κ2) is 12.0. The van der Waals surface area contributed by atoms with Crippen molar-refractivity contribution in [3.63, 3.8) is 0 Å². The van der Waals surface area contributed by atoms with Crippen LogP contribution in [-0.4, -0.2) is 19.7 Å². The molecule has 2 heterocycles. The molecule has 0 saturated heterocycles. The number of nitrogens with two attached hydrogens (primary N) is 1. The molecule has 1 aromatic heterocycles. The third kappa shape index (κ3) is 5.61. The van der Waals surface area contributed by atoms with Gasteiger partial charge in [0, 0.05) is 27.1 Å². The summed E-state index contributed by atoms with van der Waals surface area (Å²) in [6, 6.07) is 18.3. The number of rotatable bonds is 9. The summed E-state index contributed by atoms with van der Waals surface area (Å²) < 4.78 is 29.7. The number of benzene rings is 3. The van der Waals surface area contributed by atoms with E-state index in [0.717, 1.165) is 34.7 Å². The smallest absolute Gasteiger partial charge is 0.379 e. The molecule has 210 valence electrons. The zero-order chi connectivity index (χ0) is 29.1. The van der Waals surface area contributed by atoms with Gasteiger partial charge in [0.2, 0.25) is 11.6 Å². The molecule has 41 heavy (non-hydrogen) atoms. The summed E-state index contributed by atoms with van der Waals surface area (Å²) in [5.74, 6) is 0.745. The van der Waals surface area contributed by atoms with Crippen molar-refractivity contribution in [1.29, 1.82) is 5.26 Å². The molecule has 0 fully saturated rings. The lowest BCUT2D eigenvalue weighted by Gasteiger charge is -2.27. The number of nitriles is 1. The molecule has 9 heteroatoms. The Hall–Kier alpha value is -4.42. The van der Waals surface area contributed by atoms with Crippen LogP contribution in [0.5, 0.6) is 23.0 Å². The number of aryl methyl sites for hydroxylation is 1. The van der Waals surface area contributed by atoms with Crippen LogP contribution in [0.3, 0.4) is 0 Å². The van der Waals surface area contributed by atoms with Crippen molar-refractivity contribution in [3.8, 4) is 29.1 Å². The molecule has 0 spiro atoms. The number of carbonyl (C=O) groups is 1. The van der Waals surface area contributed by atoms with Crippen molar-refractivity contribution in [1.82, 2.24) is 0 Å². The number of hydrogen-bond donors (Lipinski definition) is 1. The maximum absolute atomic E-state index is 13.0. The fourth-order valence-electron chi connectivity index (χ4n) is 4.90. The Morgan fingerprint density at radius 1 is 1.10 bits per heavy atom. The minimum absolute atomic E-state index is 0.0222. The molecule has 8 nitrogen and oxygen atoms in total. The topological polar surface area (TPSA) is 117 Å². The van der Waals surface area contributed by atoms with Crippen molar-refractivity contribution in [3.05, 3.63) is 93.0 Å². The Balaban J connectivity index is 1.44. The van der Waals surface area contributed by atoms with Gasteiger partial charge < -0.3 is 29.1 Å². The summed E-state index contributed by atoms with van der Waals surface area (Å²) in [5.41, 5.74) is 9.20. The zero-order valence-electron chi connectivity index (χ0n) is 23.0. The number of methoxy groups -OCH3 is 1. The molecule has 3 aromatic carbocycles. The molecule has 5 rings (SSSR count). The lowest BCUT2D eigenvalue weighted by atomic mass is 9.83. The minimum atomic E-state index is -0.636. The van der Waals surface area contributed by atoms with Gasteiger partial charge in [0.05, 0.1) is 19.6 Å². The minimum Gasteiger partial charge on any atom is -0.493 e. The molecule has 0 aliphatic carbocycles. The van der Waals surface area contributed by atoms with E-state index in [0.29, 0.717) is 40.6 Å². The van der Waals surface area contributed by atoms with Gasteiger partial charge in [-0.15, -0.1) is 0 Å². The average molecular weight is 617 g/mol. The van der Waals surface area contributed by atoms with Crippen molar-refractivity contribution < 1.29 is 28.2 Å². The van der Waals surface area contributed by atoms with E-state index in [9.17, 15) is 10.1 Å². The number of halogens is 1. The number of ether oxygens (including phenoxy) is 4. The van der Waals surface area contributed by atoms with Gasteiger partial charge in [0.1, 0.15) is 28.7 Å². The SMILES string of the molecule is CCCCCOc1ccc(C2C(C#N)=C(N)Oc3cc(OC(=O)c4oc5ccc(Br)cc5c4C)ccc32)cc1OC. The quantitative estimate of drug-likeness (QED) is 0.116. The summed E-state index contributed by atoms with van der Waals surface area (Å²) in [5, 5.41) is 10.8. The van der Waals surface area contributed by atoms with Crippen LogP contribution in [0.25, 0.3) is 11.0 Å². The van der Waals surface area contributed by atoms with E-state index in [2.05, 4.69) is 28.9 Å². The number of fused-ring (bicyclic) bond motifs is 2. The first-order chi connectivity index (χ1) is 19.8. The average Bonchev–Trinajstić information content (AvgIpc) is 3.30. The van der Waals surface area contributed by atoms with Gasteiger partial charge in [-0.05, 0) is 55.3 Å². The van der Waals surface area contributed by atoms with Crippen molar-refractivity contribution in [2.45, 2.75) is 39.0 Å². The van der Waals surface area contributed by atoms with Crippen LogP contribution in [0.1, 0.15) is 59.3 Å². The molecule has 0 bridgehead atoms. The van der Waals surface area contributed by atoms with Crippen molar-refractivity contribution in [2.24, 2.45) is 5.73 Å². The normalized spacial score (nSPS) is 14.3. The number of carbonyl (C=O) groups excluding carboxylic acids is 1. The third-order valence-corrected chi connectivity index (χ3v) is 7.50. The van der Waals surface area contributed by atoms with E-state index >= 15 is 0 Å². The van der Waals surface area contributed by atoms with E-state index in [-0.39, 0.29) is 23.0 Å². The predicted octanol–water partition coefficient (Wildman–Crippen LogP) is 7.52. The Morgan fingerprint density at radius 2 is 1.93 bits per heavy atom. The maximum Gasteiger partial charge on any atom is 0.379 e. The fraction of sp³-hybridized carbons (Fsp3) is 0.250. The lowest BCUT2D eigenvalue weighted by Crippen LogP contribution is -2.21. The number of unbranched alkanes of at least 4 members (excludes halogenated alkanes) is 2. The maximum atomic E-state index is 13.0. The van der Waals surface area contributed by atoms with Gasteiger partial charge in [-0.1, -0.05) is 47.8 Å². The standard InChI is InChI=1S/C32H29BrN2O6/c1-4-5-6-13-38-26-11-7-19(14-28(26)37-3)29-22-10-9-21(16-27(22)41-31(35)24(29)17-34)39-32(36)30-18(2)23-15-20(33)8-12-25(23)40-30/h7-12,14-16,29H,4-6,13,35H2,1-3H3. The van der Waals surface area contributed by atoms with Crippen LogP contribution in [0, 0.1) is 18.3 Å². The Labute approximate surface area is 246 Å². The molecule has 0 amide bonds. The molecular weight excluding hydrogens is 588 g/mol. The highest BCUT2D eigenvalue weighted by atomic mass is 79.9. The van der Waals surface area contributed by atoms with Gasteiger partial charge in [0.25, 0.3) is 0 Å². The number of furan rings is 1. The first kappa shape index (κ1) is 28.1. The van der Waals surface area contributed by atoms with Gasteiger partial charge in [-0.25, -0.2) is 4.79 Å². The first-order valence-electron chi connectivity index (χ1n) is 13.3. The van der Waals surface area contributed by atoms with Crippen molar-refractivity contribution in [2.75, 3.05) is 13.7 Å². The summed E-state index contributed by atoms with van der Waals surface area (Å²) in [6.45, 7) is 4.54. The molecule has 0 saturated carbocycles. The Morgan fingerprint density at radius 3 is 2.68 bits per heavy atom. The second-order valence-corrected chi connectivity index (χ2v) is 10.6. The number of hydrogen-bond acceptors (Lipinski definition) is 8. The van der Waals surface area contributed by atoms with Crippen LogP contribution < -0.4 is 24.7 Å². The molecule has 1 atom stereocenters. The Bertz CT molecular complexity index is 1700. The molecule has 1 aliphatic rings. The first-order valence-corrected chi connectivity index (χ1v) is 14.1. The van der Waals surface area contributed by atoms with E-state index in [1.54, 1.807) is 38.3 Å². The molecule has 0 radical (unpaired) electrons. The fourth-order valence-corrected chi connectivity index (χ4v) is 5.26. The lowest BCUT2D eigenvalue weighted by molar-refractivity contribution is 0.0702. The Kier molecular flexibility index (Phi) is 8.22. The van der Waals surface area contributed by atoms with Gasteiger partial charge in [0.15, 0.2) is 11.5 Å². The number of allylic oxidation sites excluding steroid dienone is 1. The van der Waals surface area contributed by atoms with Crippen LogP contribution in [0.15, 0.2) is 74.9 Å². The summed E-state index contributed by atoms with van der Waals surface area (Å²) in [4.78, 5) is 13.0. The van der Waals surface area contributed by atoms with E-state index in [4.69, 9.17) is 29.1 Å². The van der Waals surface area contributed by atoms with E-state index < -0.39 is 11.9 Å². The largest absolute Gasteiger partial charge is 0.493 e. The molecule has 2 N–H and O–H groups in total.